The van der Waals surface area contributed by atoms with Crippen molar-refractivity contribution in [2.45, 2.75) is 25.8 Å². The predicted octanol–water partition coefficient (Wildman–Crippen LogP) is 5.15. The quantitative estimate of drug-likeness (QED) is 0.464. The summed E-state index contributed by atoms with van der Waals surface area (Å²) in [4.78, 5) is 12.0. The SMILES string of the molecule is O=C(NCc1[c]c(OCCOc2ccc(Oc3ccccc3)cc2)ccc1)C1CCC1. The minimum absolute atomic E-state index is 0.138. The van der Waals surface area contributed by atoms with Crippen molar-refractivity contribution in [2.24, 2.45) is 5.92 Å². The molecule has 4 rings (SSSR count). The van der Waals surface area contributed by atoms with E-state index in [1.807, 2.05) is 72.8 Å². The standard InChI is InChI=1S/C26H26NO4/c28-26(21-7-5-8-21)27-19-20-6-4-11-25(18-20)30-17-16-29-22-12-14-24(15-13-22)31-23-9-2-1-3-10-23/h1-4,6,9-15,21H,5,7-8,16-17,19H2,(H,27,28). The molecule has 1 aliphatic rings. The van der Waals surface area contributed by atoms with Gasteiger partial charge in [-0.15, -0.1) is 0 Å². The van der Waals surface area contributed by atoms with Gasteiger partial charge in [0.15, 0.2) is 0 Å². The van der Waals surface area contributed by atoms with Crippen LogP contribution in [0.15, 0.2) is 72.8 Å². The highest BCUT2D eigenvalue weighted by Crippen LogP contribution is 2.26. The Morgan fingerprint density at radius 3 is 2.29 bits per heavy atom. The molecule has 5 heteroatoms. The number of ether oxygens (including phenoxy) is 3. The molecule has 3 aromatic carbocycles. The van der Waals surface area contributed by atoms with Gasteiger partial charge in [-0.25, -0.2) is 0 Å². The summed E-state index contributed by atoms with van der Waals surface area (Å²) in [7, 11) is 0. The van der Waals surface area contributed by atoms with E-state index in [0.29, 0.717) is 25.5 Å². The van der Waals surface area contributed by atoms with Crippen molar-refractivity contribution in [2.75, 3.05) is 13.2 Å². The molecule has 0 aromatic heterocycles. The molecule has 5 nitrogen and oxygen atoms in total. The lowest BCUT2D eigenvalue weighted by Crippen LogP contribution is -2.33. The van der Waals surface area contributed by atoms with Crippen LogP contribution < -0.4 is 19.5 Å². The van der Waals surface area contributed by atoms with Crippen LogP contribution in [-0.2, 0) is 11.3 Å². The average molecular weight is 416 g/mol. The fourth-order valence-electron chi connectivity index (χ4n) is 3.22. The first kappa shape index (κ1) is 20.8. The molecule has 0 saturated heterocycles. The lowest BCUT2D eigenvalue weighted by Gasteiger charge is -2.24. The Labute approximate surface area is 183 Å². The molecule has 159 valence electrons. The van der Waals surface area contributed by atoms with E-state index in [4.69, 9.17) is 14.2 Å². The Morgan fingerprint density at radius 2 is 1.55 bits per heavy atom. The summed E-state index contributed by atoms with van der Waals surface area (Å²) in [6.07, 6.45) is 3.16. The molecule has 0 atom stereocenters. The number of benzene rings is 3. The number of nitrogens with one attached hydrogen (secondary N) is 1. The van der Waals surface area contributed by atoms with Crippen LogP contribution >= 0.6 is 0 Å². The van der Waals surface area contributed by atoms with Crippen molar-refractivity contribution in [1.29, 1.82) is 0 Å². The van der Waals surface area contributed by atoms with Crippen LogP contribution in [0.25, 0.3) is 0 Å². The number of para-hydroxylation sites is 1. The van der Waals surface area contributed by atoms with Crippen molar-refractivity contribution < 1.29 is 19.0 Å². The normalized spacial score (nSPS) is 13.2. The monoisotopic (exact) mass is 416 g/mol. The van der Waals surface area contributed by atoms with Gasteiger partial charge in [0.25, 0.3) is 0 Å². The summed E-state index contributed by atoms with van der Waals surface area (Å²) in [5.74, 6) is 3.28. The second kappa shape index (κ2) is 10.5. The van der Waals surface area contributed by atoms with Crippen molar-refractivity contribution in [1.82, 2.24) is 5.32 Å². The zero-order valence-electron chi connectivity index (χ0n) is 17.4. The number of carbonyl (C=O) groups excluding carboxylic acids is 1. The van der Waals surface area contributed by atoms with Gasteiger partial charge in [-0.3, -0.25) is 4.79 Å². The van der Waals surface area contributed by atoms with Crippen LogP contribution in [0.3, 0.4) is 0 Å². The highest BCUT2D eigenvalue weighted by atomic mass is 16.5. The molecule has 31 heavy (non-hydrogen) atoms. The number of rotatable bonds is 10. The van der Waals surface area contributed by atoms with Crippen molar-refractivity contribution >= 4 is 5.91 Å². The van der Waals surface area contributed by atoms with E-state index >= 15 is 0 Å². The van der Waals surface area contributed by atoms with Gasteiger partial charge in [-0.05, 0) is 60.9 Å². The number of carbonyl (C=O) groups is 1. The summed E-state index contributed by atoms with van der Waals surface area (Å²) >= 11 is 0. The lowest BCUT2D eigenvalue weighted by molar-refractivity contribution is -0.127. The minimum Gasteiger partial charge on any atom is -0.490 e. The van der Waals surface area contributed by atoms with Crippen LogP contribution in [0.4, 0.5) is 0 Å². The van der Waals surface area contributed by atoms with E-state index in [1.165, 1.54) is 0 Å². The molecule has 0 bridgehead atoms. The summed E-state index contributed by atoms with van der Waals surface area (Å²) in [5.41, 5.74) is 0.903. The molecule has 1 saturated carbocycles. The zero-order valence-corrected chi connectivity index (χ0v) is 17.4. The predicted molar refractivity (Wildman–Crippen MR) is 118 cm³/mol. The van der Waals surface area contributed by atoms with E-state index < -0.39 is 0 Å². The highest BCUT2D eigenvalue weighted by Gasteiger charge is 2.24. The smallest absolute Gasteiger partial charge is 0.223 e. The van der Waals surface area contributed by atoms with E-state index in [0.717, 1.165) is 42.1 Å². The Morgan fingerprint density at radius 1 is 0.839 bits per heavy atom. The molecule has 1 N–H and O–H groups in total. The van der Waals surface area contributed by atoms with Crippen molar-refractivity contribution in [3.05, 3.63) is 84.4 Å². The van der Waals surface area contributed by atoms with Crippen molar-refractivity contribution in [3.63, 3.8) is 0 Å². The van der Waals surface area contributed by atoms with Crippen LogP contribution in [0.1, 0.15) is 24.8 Å². The molecule has 0 heterocycles. The van der Waals surface area contributed by atoms with Gasteiger partial charge in [0, 0.05) is 18.5 Å². The summed E-state index contributed by atoms with van der Waals surface area (Å²) in [6.45, 7) is 1.28. The third-order valence-corrected chi connectivity index (χ3v) is 5.17. The highest BCUT2D eigenvalue weighted by molar-refractivity contribution is 5.79. The Bertz CT molecular complexity index is 968. The van der Waals surface area contributed by atoms with Gasteiger partial charge in [0.2, 0.25) is 5.91 Å². The van der Waals surface area contributed by atoms with Crippen molar-refractivity contribution in [3.8, 4) is 23.0 Å². The van der Waals surface area contributed by atoms with E-state index in [-0.39, 0.29) is 11.8 Å². The van der Waals surface area contributed by atoms with Gasteiger partial charge < -0.3 is 19.5 Å². The van der Waals surface area contributed by atoms with Crippen LogP contribution in [0, 0.1) is 12.0 Å². The van der Waals surface area contributed by atoms with Gasteiger partial charge >= 0.3 is 0 Å². The molecule has 1 fully saturated rings. The first-order valence-electron chi connectivity index (χ1n) is 10.6. The maximum absolute atomic E-state index is 12.0. The minimum atomic E-state index is 0.138. The molecule has 0 aliphatic heterocycles. The molecule has 0 unspecified atom stereocenters. The first-order chi connectivity index (χ1) is 15.3. The molecule has 1 aliphatic carbocycles. The Kier molecular flexibility index (Phi) is 7.06. The second-order valence-corrected chi connectivity index (χ2v) is 7.47. The zero-order chi connectivity index (χ0) is 21.3. The van der Waals surface area contributed by atoms with Gasteiger partial charge in [-0.1, -0.05) is 36.8 Å². The van der Waals surface area contributed by atoms with Crippen LogP contribution in [-0.4, -0.2) is 19.1 Å². The third kappa shape index (κ3) is 6.25. The Hall–Kier alpha value is -3.47. The number of hydrogen-bond donors (Lipinski definition) is 1. The maximum atomic E-state index is 12.0. The van der Waals surface area contributed by atoms with Gasteiger partial charge in [0.05, 0.1) is 0 Å². The molecule has 3 aromatic rings. The second-order valence-electron chi connectivity index (χ2n) is 7.47. The fraction of sp³-hybridized carbons (Fsp3) is 0.269. The molecular weight excluding hydrogens is 390 g/mol. The lowest BCUT2D eigenvalue weighted by atomic mass is 9.85. The van der Waals surface area contributed by atoms with Gasteiger partial charge in [-0.2, -0.15) is 0 Å². The van der Waals surface area contributed by atoms with E-state index in [1.54, 1.807) is 0 Å². The van der Waals surface area contributed by atoms with Crippen LogP contribution in [0.5, 0.6) is 23.0 Å². The summed E-state index contributed by atoms with van der Waals surface area (Å²) in [5, 5.41) is 2.98. The molecule has 0 spiro atoms. The average Bonchev–Trinajstić information content (AvgIpc) is 2.76. The van der Waals surface area contributed by atoms with Gasteiger partial charge in [0.1, 0.15) is 36.2 Å². The largest absolute Gasteiger partial charge is 0.490 e. The molecular formula is C26H26NO4. The molecule has 1 radical (unpaired) electrons. The number of amides is 1. The number of hydrogen-bond acceptors (Lipinski definition) is 4. The third-order valence-electron chi connectivity index (χ3n) is 5.17. The Balaban J connectivity index is 1.18. The topological polar surface area (TPSA) is 56.8 Å². The maximum Gasteiger partial charge on any atom is 0.223 e. The first-order valence-corrected chi connectivity index (χ1v) is 10.6. The summed E-state index contributed by atoms with van der Waals surface area (Å²) < 4.78 is 17.3. The van der Waals surface area contributed by atoms with E-state index in [2.05, 4.69) is 11.4 Å². The van der Waals surface area contributed by atoms with Crippen LogP contribution in [0.2, 0.25) is 0 Å². The summed E-state index contributed by atoms with van der Waals surface area (Å²) in [6, 6.07) is 26.0. The fourth-order valence-corrected chi connectivity index (χ4v) is 3.22. The van der Waals surface area contributed by atoms with E-state index in [9.17, 15) is 4.79 Å². The molecule has 1 amide bonds.